The number of nitrogens with zero attached hydrogens (tertiary/aromatic N) is 1. The van der Waals surface area contributed by atoms with E-state index >= 15 is 0 Å². The summed E-state index contributed by atoms with van der Waals surface area (Å²) >= 11 is 3.58. The number of aryl methyl sites for hydroxylation is 3. The minimum atomic E-state index is -0.475. The summed E-state index contributed by atoms with van der Waals surface area (Å²) in [6.07, 6.45) is 3.33. The van der Waals surface area contributed by atoms with Crippen LogP contribution in [0.5, 0.6) is 0 Å². The van der Waals surface area contributed by atoms with Crippen molar-refractivity contribution >= 4 is 15.9 Å². The van der Waals surface area contributed by atoms with Gasteiger partial charge in [0, 0.05) is 22.3 Å². The van der Waals surface area contributed by atoms with Crippen molar-refractivity contribution in [3.05, 3.63) is 62.9 Å². The lowest BCUT2D eigenvalue weighted by atomic mass is 9.91. The van der Waals surface area contributed by atoms with Crippen LogP contribution in [0.2, 0.25) is 0 Å². The first-order valence-corrected chi connectivity index (χ1v) is 7.75. The van der Waals surface area contributed by atoms with Gasteiger partial charge in [0.1, 0.15) is 0 Å². The van der Waals surface area contributed by atoms with Crippen molar-refractivity contribution in [2.24, 2.45) is 0 Å². The summed E-state index contributed by atoms with van der Waals surface area (Å²) in [7, 11) is 0. The smallest absolute Gasteiger partial charge is 0.0874 e. The van der Waals surface area contributed by atoms with E-state index in [1.165, 1.54) is 16.7 Å². The largest absolute Gasteiger partial charge is 0.388 e. The Balaban J connectivity index is 1.96. The Morgan fingerprint density at radius 1 is 1.30 bits per heavy atom. The van der Waals surface area contributed by atoms with Crippen molar-refractivity contribution in [1.29, 1.82) is 0 Å². The zero-order chi connectivity index (χ0) is 14.3. The summed E-state index contributed by atoms with van der Waals surface area (Å²) in [5.41, 5.74) is 5.67. The van der Waals surface area contributed by atoms with Crippen LogP contribution < -0.4 is 0 Å². The molecular formula is C17H18BrNO. The van der Waals surface area contributed by atoms with E-state index in [0.717, 1.165) is 28.6 Å². The molecular weight excluding hydrogens is 314 g/mol. The highest BCUT2D eigenvalue weighted by atomic mass is 79.9. The van der Waals surface area contributed by atoms with E-state index < -0.39 is 6.10 Å². The SMILES string of the molecule is Cc1cc(C(O)C2CCc3cccnc32)cc(C)c1Br. The van der Waals surface area contributed by atoms with Crippen LogP contribution in [0.25, 0.3) is 0 Å². The lowest BCUT2D eigenvalue weighted by Crippen LogP contribution is -2.10. The van der Waals surface area contributed by atoms with E-state index in [4.69, 9.17) is 0 Å². The molecule has 1 aliphatic rings. The number of benzene rings is 1. The summed E-state index contributed by atoms with van der Waals surface area (Å²) in [5, 5.41) is 10.8. The fourth-order valence-corrected chi connectivity index (χ4v) is 3.36. The number of aliphatic hydroxyl groups excluding tert-OH is 1. The molecule has 104 valence electrons. The van der Waals surface area contributed by atoms with Gasteiger partial charge in [-0.3, -0.25) is 4.98 Å². The molecule has 0 fully saturated rings. The predicted molar refractivity (Wildman–Crippen MR) is 83.9 cm³/mol. The molecule has 0 radical (unpaired) electrons. The van der Waals surface area contributed by atoms with Gasteiger partial charge in [-0.25, -0.2) is 0 Å². The van der Waals surface area contributed by atoms with Crippen molar-refractivity contribution in [2.75, 3.05) is 0 Å². The number of aromatic nitrogens is 1. The van der Waals surface area contributed by atoms with Crippen LogP contribution in [0, 0.1) is 13.8 Å². The van der Waals surface area contributed by atoms with Crippen molar-refractivity contribution in [1.82, 2.24) is 4.98 Å². The Morgan fingerprint density at radius 3 is 2.70 bits per heavy atom. The summed E-state index contributed by atoms with van der Waals surface area (Å²) in [4.78, 5) is 4.48. The number of halogens is 1. The van der Waals surface area contributed by atoms with E-state index in [-0.39, 0.29) is 5.92 Å². The molecule has 2 nitrogen and oxygen atoms in total. The van der Waals surface area contributed by atoms with Gasteiger partial charge in [0.25, 0.3) is 0 Å². The maximum Gasteiger partial charge on any atom is 0.0874 e. The number of hydrogen-bond acceptors (Lipinski definition) is 2. The van der Waals surface area contributed by atoms with Crippen LogP contribution in [0.4, 0.5) is 0 Å². The van der Waals surface area contributed by atoms with E-state index in [0.29, 0.717) is 0 Å². The van der Waals surface area contributed by atoms with Crippen LogP contribution in [-0.4, -0.2) is 10.1 Å². The minimum Gasteiger partial charge on any atom is -0.388 e. The van der Waals surface area contributed by atoms with Crippen molar-refractivity contribution in [2.45, 2.75) is 38.7 Å². The van der Waals surface area contributed by atoms with Crippen LogP contribution >= 0.6 is 15.9 Å². The molecule has 3 rings (SSSR count). The molecule has 0 saturated heterocycles. The van der Waals surface area contributed by atoms with Gasteiger partial charge in [-0.2, -0.15) is 0 Å². The first-order chi connectivity index (χ1) is 9.58. The molecule has 1 aliphatic carbocycles. The maximum atomic E-state index is 10.8. The molecule has 20 heavy (non-hydrogen) atoms. The maximum absolute atomic E-state index is 10.8. The second-order valence-corrected chi connectivity index (χ2v) is 6.40. The highest BCUT2D eigenvalue weighted by molar-refractivity contribution is 9.10. The van der Waals surface area contributed by atoms with Gasteiger partial charge in [0.15, 0.2) is 0 Å². The molecule has 2 aromatic rings. The van der Waals surface area contributed by atoms with Gasteiger partial charge in [-0.15, -0.1) is 0 Å². The summed E-state index contributed by atoms with van der Waals surface area (Å²) < 4.78 is 1.12. The van der Waals surface area contributed by atoms with Crippen LogP contribution in [0.3, 0.4) is 0 Å². The highest BCUT2D eigenvalue weighted by Crippen LogP contribution is 2.41. The average Bonchev–Trinajstić information content (AvgIpc) is 2.87. The molecule has 0 bridgehead atoms. The van der Waals surface area contributed by atoms with Gasteiger partial charge in [0.2, 0.25) is 0 Å². The van der Waals surface area contributed by atoms with Crippen molar-refractivity contribution in [3.8, 4) is 0 Å². The van der Waals surface area contributed by atoms with Crippen molar-refractivity contribution in [3.63, 3.8) is 0 Å². The standard InChI is InChI=1S/C17H18BrNO/c1-10-8-13(9-11(2)15(10)18)17(20)14-6-5-12-4-3-7-19-16(12)14/h3-4,7-9,14,17,20H,5-6H2,1-2H3. The van der Waals surface area contributed by atoms with E-state index in [2.05, 4.69) is 53.0 Å². The summed E-state index contributed by atoms with van der Waals surface area (Å²) in [6, 6.07) is 8.24. The molecule has 0 aliphatic heterocycles. The van der Waals surface area contributed by atoms with Crippen LogP contribution in [-0.2, 0) is 6.42 Å². The zero-order valence-electron chi connectivity index (χ0n) is 11.7. The first-order valence-electron chi connectivity index (χ1n) is 6.96. The molecule has 1 heterocycles. The Morgan fingerprint density at radius 2 is 2.00 bits per heavy atom. The topological polar surface area (TPSA) is 33.1 Å². The number of fused-ring (bicyclic) bond motifs is 1. The highest BCUT2D eigenvalue weighted by Gasteiger charge is 2.31. The Hall–Kier alpha value is -1.19. The monoisotopic (exact) mass is 331 g/mol. The first kappa shape index (κ1) is 13.8. The molecule has 1 aromatic carbocycles. The number of hydrogen-bond donors (Lipinski definition) is 1. The van der Waals surface area contributed by atoms with E-state index in [1.54, 1.807) is 0 Å². The van der Waals surface area contributed by atoms with Crippen molar-refractivity contribution < 1.29 is 5.11 Å². The van der Waals surface area contributed by atoms with Gasteiger partial charge in [-0.05, 0) is 55.0 Å². The van der Waals surface area contributed by atoms with Gasteiger partial charge < -0.3 is 5.11 Å². The quantitative estimate of drug-likeness (QED) is 0.893. The number of rotatable bonds is 2. The van der Waals surface area contributed by atoms with Gasteiger partial charge in [0.05, 0.1) is 6.10 Å². The molecule has 0 amide bonds. The van der Waals surface area contributed by atoms with Crippen LogP contribution in [0.1, 0.15) is 46.4 Å². The van der Waals surface area contributed by atoms with Gasteiger partial charge >= 0.3 is 0 Å². The Labute approximate surface area is 128 Å². The number of aliphatic hydroxyl groups is 1. The summed E-state index contributed by atoms with van der Waals surface area (Å²) in [6.45, 7) is 4.13. The third-order valence-corrected chi connectivity index (χ3v) is 5.43. The second kappa shape index (κ2) is 5.30. The lowest BCUT2D eigenvalue weighted by molar-refractivity contribution is 0.143. The Bertz CT molecular complexity index is 630. The normalized spacial score (nSPS) is 18.9. The fraction of sp³-hybridized carbons (Fsp3) is 0.353. The fourth-order valence-electron chi connectivity index (χ4n) is 3.13. The molecule has 0 spiro atoms. The minimum absolute atomic E-state index is 0.117. The third-order valence-electron chi connectivity index (χ3n) is 4.18. The summed E-state index contributed by atoms with van der Waals surface area (Å²) in [5.74, 6) is 0.117. The molecule has 2 atom stereocenters. The lowest BCUT2D eigenvalue weighted by Gasteiger charge is -2.20. The molecule has 1 aromatic heterocycles. The molecule has 2 unspecified atom stereocenters. The molecule has 3 heteroatoms. The predicted octanol–water partition coefficient (Wildman–Crippen LogP) is 4.22. The molecule has 0 saturated carbocycles. The second-order valence-electron chi connectivity index (χ2n) is 5.61. The zero-order valence-corrected chi connectivity index (χ0v) is 13.3. The number of pyridine rings is 1. The average molecular weight is 332 g/mol. The Kier molecular flexibility index (Phi) is 3.65. The molecule has 1 N–H and O–H groups in total. The van der Waals surface area contributed by atoms with Crippen LogP contribution in [0.15, 0.2) is 34.9 Å². The van der Waals surface area contributed by atoms with E-state index in [1.807, 2.05) is 12.3 Å². The third kappa shape index (κ3) is 2.29. The van der Waals surface area contributed by atoms with E-state index in [9.17, 15) is 5.11 Å². The van der Waals surface area contributed by atoms with Gasteiger partial charge in [-0.1, -0.05) is 34.1 Å².